The molecule has 1 unspecified atom stereocenters. The van der Waals surface area contributed by atoms with Gasteiger partial charge in [-0.25, -0.2) is 8.42 Å². The number of aryl methyl sites for hydroxylation is 2. The van der Waals surface area contributed by atoms with E-state index in [0.29, 0.717) is 18.5 Å². The van der Waals surface area contributed by atoms with Gasteiger partial charge in [-0.2, -0.15) is 0 Å². The van der Waals surface area contributed by atoms with Crippen molar-refractivity contribution in [1.29, 1.82) is 0 Å². The smallest absolute Gasteiger partial charge is 0.243 e. The largest absolute Gasteiger partial charge is 0.350 e. The van der Waals surface area contributed by atoms with Crippen LogP contribution in [-0.4, -0.2) is 49.5 Å². The summed E-state index contributed by atoms with van der Waals surface area (Å²) >= 11 is 3.51. The first kappa shape index (κ1) is 33.3. The molecule has 0 spiro atoms. The first-order chi connectivity index (χ1) is 19.6. The quantitative estimate of drug-likeness (QED) is 0.253. The van der Waals surface area contributed by atoms with Crippen molar-refractivity contribution in [1.82, 2.24) is 10.2 Å². The van der Waals surface area contributed by atoms with E-state index >= 15 is 0 Å². The molecule has 1 atom stereocenters. The van der Waals surface area contributed by atoms with Crippen LogP contribution < -0.4 is 9.62 Å². The van der Waals surface area contributed by atoms with Crippen LogP contribution in [0.15, 0.2) is 77.3 Å². The number of halogens is 1. The van der Waals surface area contributed by atoms with Crippen molar-refractivity contribution < 1.29 is 18.0 Å². The number of anilines is 1. The lowest BCUT2D eigenvalue weighted by Gasteiger charge is -2.34. The van der Waals surface area contributed by atoms with Gasteiger partial charge >= 0.3 is 0 Å². The zero-order valence-corrected chi connectivity index (χ0v) is 27.8. The number of sulfonamides is 1. The number of hydrogen-bond donors (Lipinski definition) is 1. The molecular weight excluding hydrogens is 614 g/mol. The molecule has 0 aromatic heterocycles. The summed E-state index contributed by atoms with van der Waals surface area (Å²) in [6, 6.07) is 22.1. The number of nitrogens with one attached hydrogen (secondary N) is 1. The van der Waals surface area contributed by atoms with Gasteiger partial charge in [0, 0.05) is 35.9 Å². The second-order valence-corrected chi connectivity index (χ2v) is 14.6. The molecule has 9 heteroatoms. The van der Waals surface area contributed by atoms with E-state index in [1.165, 1.54) is 10.6 Å². The van der Waals surface area contributed by atoms with Gasteiger partial charge in [0.1, 0.15) is 6.04 Å². The summed E-state index contributed by atoms with van der Waals surface area (Å²) in [4.78, 5) is 29.3. The van der Waals surface area contributed by atoms with Gasteiger partial charge in [-0.05, 0) is 87.6 Å². The minimum absolute atomic E-state index is 0.0823. The molecule has 3 aromatic rings. The van der Waals surface area contributed by atoms with Crippen molar-refractivity contribution in [3.63, 3.8) is 0 Å². The minimum atomic E-state index is -3.57. The number of carbonyl (C=O) groups excluding carboxylic acids is 2. The van der Waals surface area contributed by atoms with Gasteiger partial charge in [0.25, 0.3) is 0 Å². The molecule has 0 fully saturated rings. The van der Waals surface area contributed by atoms with Crippen LogP contribution in [-0.2, 0) is 32.6 Å². The summed E-state index contributed by atoms with van der Waals surface area (Å²) in [5.74, 6) is -0.448. The van der Waals surface area contributed by atoms with Crippen LogP contribution in [0, 0.1) is 13.8 Å². The van der Waals surface area contributed by atoms with E-state index in [-0.39, 0.29) is 31.3 Å². The lowest BCUT2D eigenvalue weighted by Crippen LogP contribution is -2.54. The molecule has 0 radical (unpaired) electrons. The normalized spacial score (nSPS) is 12.5. The van der Waals surface area contributed by atoms with E-state index in [1.807, 2.05) is 101 Å². The first-order valence-corrected chi connectivity index (χ1v) is 16.7. The Morgan fingerprint density at radius 3 is 2.17 bits per heavy atom. The fourth-order valence-corrected chi connectivity index (χ4v) is 6.13. The molecule has 0 heterocycles. The zero-order chi connectivity index (χ0) is 31.1. The lowest BCUT2D eigenvalue weighted by molar-refractivity contribution is -0.142. The second-order valence-electron chi connectivity index (χ2n) is 11.8. The summed E-state index contributed by atoms with van der Waals surface area (Å²) in [6.07, 6.45) is 1.91. The number of benzene rings is 3. The molecule has 0 aliphatic carbocycles. The maximum Gasteiger partial charge on any atom is 0.243 e. The summed E-state index contributed by atoms with van der Waals surface area (Å²) in [6.45, 7) is 10.0. The van der Waals surface area contributed by atoms with E-state index < -0.39 is 21.6 Å². The standard InChI is InChI=1S/C33H42BrN3O4S/c1-24-17-18-29(20-25(24)2)37(42(6,40)41)19-11-16-31(38)36(23-27-14-10-15-28(34)21-27)30(32(39)35-33(3,4)5)22-26-12-8-7-9-13-26/h7-10,12-15,17-18,20-21,30H,11,16,19,22-23H2,1-6H3,(H,35,39). The predicted octanol–water partition coefficient (Wildman–Crippen LogP) is 6.17. The van der Waals surface area contributed by atoms with Crippen LogP contribution >= 0.6 is 15.9 Å². The van der Waals surface area contributed by atoms with Gasteiger partial charge in [0.2, 0.25) is 21.8 Å². The molecule has 0 aliphatic heterocycles. The van der Waals surface area contributed by atoms with Crippen molar-refractivity contribution in [2.75, 3.05) is 17.1 Å². The number of hydrogen-bond acceptors (Lipinski definition) is 4. The van der Waals surface area contributed by atoms with Crippen molar-refractivity contribution in [2.24, 2.45) is 0 Å². The molecule has 3 aromatic carbocycles. The molecule has 0 saturated carbocycles. The third kappa shape index (κ3) is 9.98. The van der Waals surface area contributed by atoms with Crippen LogP contribution in [0.2, 0.25) is 0 Å². The zero-order valence-electron chi connectivity index (χ0n) is 25.4. The molecule has 7 nitrogen and oxygen atoms in total. The van der Waals surface area contributed by atoms with E-state index in [9.17, 15) is 18.0 Å². The Morgan fingerprint density at radius 1 is 0.905 bits per heavy atom. The van der Waals surface area contributed by atoms with Crippen molar-refractivity contribution in [3.8, 4) is 0 Å². The predicted molar refractivity (Wildman–Crippen MR) is 174 cm³/mol. The van der Waals surface area contributed by atoms with Gasteiger partial charge < -0.3 is 10.2 Å². The minimum Gasteiger partial charge on any atom is -0.350 e. The Balaban J connectivity index is 1.91. The fourth-order valence-electron chi connectivity index (χ4n) is 4.72. The molecular formula is C33H42BrN3O4S. The van der Waals surface area contributed by atoms with Gasteiger partial charge in [-0.1, -0.05) is 64.5 Å². The molecule has 226 valence electrons. The maximum absolute atomic E-state index is 14.0. The Labute approximate surface area is 259 Å². The molecule has 2 amide bonds. The SMILES string of the molecule is Cc1ccc(N(CCCC(=O)N(Cc2cccc(Br)c2)C(Cc2ccccc2)C(=O)NC(C)(C)C)S(C)(=O)=O)cc1C. The monoisotopic (exact) mass is 655 g/mol. The van der Waals surface area contributed by atoms with Crippen LogP contribution in [0.3, 0.4) is 0 Å². The number of rotatable bonds is 12. The number of carbonyl (C=O) groups is 2. The highest BCUT2D eigenvalue weighted by molar-refractivity contribution is 9.10. The molecule has 0 saturated heterocycles. The molecule has 0 bridgehead atoms. The third-order valence-corrected chi connectivity index (χ3v) is 8.63. The van der Waals surface area contributed by atoms with Gasteiger partial charge in [0.15, 0.2) is 0 Å². The van der Waals surface area contributed by atoms with E-state index in [2.05, 4.69) is 21.2 Å². The summed E-state index contributed by atoms with van der Waals surface area (Å²) < 4.78 is 27.7. The number of nitrogens with zero attached hydrogens (tertiary/aromatic N) is 2. The topological polar surface area (TPSA) is 86.8 Å². The molecule has 0 aliphatic rings. The Kier molecular flexibility index (Phi) is 11.4. The maximum atomic E-state index is 14.0. The van der Waals surface area contributed by atoms with Crippen LogP contribution in [0.5, 0.6) is 0 Å². The van der Waals surface area contributed by atoms with E-state index in [1.54, 1.807) is 11.0 Å². The van der Waals surface area contributed by atoms with E-state index in [4.69, 9.17) is 0 Å². The average molecular weight is 657 g/mol. The second kappa shape index (κ2) is 14.3. The third-order valence-electron chi connectivity index (χ3n) is 6.94. The average Bonchev–Trinajstić information content (AvgIpc) is 2.89. The first-order valence-electron chi connectivity index (χ1n) is 14.1. The van der Waals surface area contributed by atoms with Crippen molar-refractivity contribution in [2.45, 2.75) is 72.0 Å². The van der Waals surface area contributed by atoms with E-state index in [0.717, 1.165) is 26.7 Å². The summed E-state index contributed by atoms with van der Waals surface area (Å²) in [7, 11) is -3.57. The van der Waals surface area contributed by atoms with Gasteiger partial charge in [-0.15, -0.1) is 0 Å². The van der Waals surface area contributed by atoms with Crippen LogP contribution in [0.4, 0.5) is 5.69 Å². The fraction of sp³-hybridized carbons (Fsp3) is 0.394. The Bertz CT molecular complexity index is 1490. The van der Waals surface area contributed by atoms with Gasteiger partial charge in [-0.3, -0.25) is 13.9 Å². The van der Waals surface area contributed by atoms with Crippen molar-refractivity contribution >= 4 is 43.5 Å². The molecule has 1 N–H and O–H groups in total. The highest BCUT2D eigenvalue weighted by Gasteiger charge is 2.32. The Morgan fingerprint density at radius 2 is 1.57 bits per heavy atom. The van der Waals surface area contributed by atoms with Crippen molar-refractivity contribution in [3.05, 3.63) is 99.5 Å². The van der Waals surface area contributed by atoms with Gasteiger partial charge in [0.05, 0.1) is 11.9 Å². The lowest BCUT2D eigenvalue weighted by atomic mass is 10.00. The van der Waals surface area contributed by atoms with Crippen LogP contribution in [0.1, 0.15) is 55.9 Å². The Hall–Kier alpha value is -3.17. The molecule has 42 heavy (non-hydrogen) atoms. The molecule has 3 rings (SSSR count). The number of amides is 2. The summed E-state index contributed by atoms with van der Waals surface area (Å²) in [5, 5.41) is 3.07. The highest BCUT2D eigenvalue weighted by Crippen LogP contribution is 2.23. The van der Waals surface area contributed by atoms with Crippen LogP contribution in [0.25, 0.3) is 0 Å². The highest BCUT2D eigenvalue weighted by atomic mass is 79.9. The summed E-state index contributed by atoms with van der Waals surface area (Å²) in [5.41, 5.74) is 3.97.